The van der Waals surface area contributed by atoms with Crippen LogP contribution in [-0.4, -0.2) is 51.1 Å². The molecule has 0 spiro atoms. The number of hydrogen-bond acceptors (Lipinski definition) is 1. The molecule has 148 valence electrons. The molecule has 0 saturated heterocycles. The molecular weight excluding hydrogens is 313 g/mol. The molecule has 0 atom stereocenters. The van der Waals surface area contributed by atoms with Crippen molar-refractivity contribution in [1.82, 2.24) is 0 Å². The van der Waals surface area contributed by atoms with E-state index in [0.717, 1.165) is 17.6 Å². The fourth-order valence-electron chi connectivity index (χ4n) is 2.94. The van der Waals surface area contributed by atoms with Crippen molar-refractivity contribution in [2.24, 2.45) is 0 Å². The average molecular weight is 362 g/mol. The first-order valence-electron chi connectivity index (χ1n) is 10.8. The van der Waals surface area contributed by atoms with Crippen LogP contribution in [-0.2, 0) is 4.52 Å². The Balaban J connectivity index is 3.87. The molecule has 0 unspecified atom stereocenters. The quantitative estimate of drug-likeness (QED) is 0.153. The third-order valence-electron chi connectivity index (χ3n) is 4.69. The summed E-state index contributed by atoms with van der Waals surface area (Å²) < 4.78 is 7.38. The van der Waals surface area contributed by atoms with Crippen LogP contribution in [0.5, 0.6) is 0 Å². The molecule has 0 radical (unpaired) electrons. The van der Waals surface area contributed by atoms with Crippen molar-refractivity contribution in [2.75, 3.05) is 46.6 Å². The summed E-state index contributed by atoms with van der Waals surface area (Å²) in [7, 11) is 6.22. The van der Waals surface area contributed by atoms with Crippen molar-refractivity contribution in [3.8, 4) is 0 Å². The van der Waals surface area contributed by atoms with E-state index in [0.29, 0.717) is 0 Å². The molecule has 0 bridgehead atoms. The molecule has 0 heterocycles. The monoisotopic (exact) mass is 361 g/mol. The Morgan fingerprint density at radius 2 is 1.04 bits per heavy atom. The minimum atomic E-state index is -0.562. The summed E-state index contributed by atoms with van der Waals surface area (Å²) in [6.45, 7) is 6.69. The zero-order chi connectivity index (χ0) is 18.1. The molecule has 0 aliphatic heterocycles. The molecule has 0 aromatic heterocycles. The number of unbranched alkanes of at least 4 members (excludes halogenated alkanes) is 10. The second-order valence-corrected chi connectivity index (χ2v) is 10.8. The summed E-state index contributed by atoms with van der Waals surface area (Å²) in [5.74, 6) is 0. The van der Waals surface area contributed by atoms with E-state index in [9.17, 15) is 0 Å². The van der Waals surface area contributed by atoms with Crippen LogP contribution in [0.2, 0.25) is 0 Å². The van der Waals surface area contributed by atoms with Gasteiger partial charge in [-0.25, -0.2) is 0 Å². The van der Waals surface area contributed by atoms with E-state index in [1.807, 2.05) is 0 Å². The van der Waals surface area contributed by atoms with Gasteiger partial charge in [0.15, 0.2) is 0 Å². The second-order valence-electron chi connectivity index (χ2n) is 8.44. The van der Waals surface area contributed by atoms with Gasteiger partial charge in [0.25, 0.3) is 0 Å². The van der Waals surface area contributed by atoms with Crippen molar-refractivity contribution in [2.45, 2.75) is 90.9 Å². The summed E-state index contributed by atoms with van der Waals surface area (Å²) in [6, 6.07) is 0. The molecule has 0 aromatic rings. The molecule has 0 amide bonds. The van der Waals surface area contributed by atoms with Crippen molar-refractivity contribution in [3.05, 3.63) is 0 Å². The fourth-order valence-corrected chi connectivity index (χ4v) is 5.15. The predicted molar refractivity (Wildman–Crippen MR) is 114 cm³/mol. The van der Waals surface area contributed by atoms with E-state index in [1.54, 1.807) is 0 Å². The zero-order valence-electron chi connectivity index (χ0n) is 17.7. The molecule has 0 fully saturated rings. The van der Waals surface area contributed by atoms with Crippen LogP contribution in [0.15, 0.2) is 0 Å². The van der Waals surface area contributed by atoms with Crippen LogP contribution < -0.4 is 0 Å². The Hall–Kier alpha value is 0.350. The Morgan fingerprint density at radius 3 is 1.46 bits per heavy atom. The summed E-state index contributed by atoms with van der Waals surface area (Å²) in [5.41, 5.74) is 0. The SMILES string of the molecule is CCCCCCCC[PH-](CCCCCCCC)OCC[N+](C)(C)C. The molecule has 24 heavy (non-hydrogen) atoms. The zero-order valence-corrected chi connectivity index (χ0v) is 18.7. The fraction of sp³-hybridized carbons (Fsp3) is 1.00. The number of quaternary nitrogens is 1. The third-order valence-corrected chi connectivity index (χ3v) is 7.12. The van der Waals surface area contributed by atoms with E-state index < -0.39 is 8.15 Å². The van der Waals surface area contributed by atoms with Gasteiger partial charge in [0, 0.05) is 0 Å². The molecule has 2 nitrogen and oxygen atoms in total. The molecule has 0 aromatic carbocycles. The Morgan fingerprint density at radius 1 is 0.625 bits per heavy atom. The van der Waals surface area contributed by atoms with Crippen molar-refractivity contribution in [3.63, 3.8) is 0 Å². The summed E-state index contributed by atoms with van der Waals surface area (Å²) in [4.78, 5) is 0. The number of nitrogens with zero attached hydrogens (tertiary/aromatic N) is 1. The summed E-state index contributed by atoms with van der Waals surface area (Å²) >= 11 is 0. The average Bonchev–Trinajstić information content (AvgIpc) is 2.52. The van der Waals surface area contributed by atoms with Gasteiger partial charge in [0.05, 0.1) is 0 Å². The molecule has 0 N–H and O–H groups in total. The Labute approximate surface area is 155 Å². The van der Waals surface area contributed by atoms with Gasteiger partial charge in [-0.2, -0.15) is 0 Å². The molecule has 3 heteroatoms. The number of hydrogen-bond donors (Lipinski definition) is 0. The Bertz CT molecular complexity index is 237. The number of rotatable bonds is 18. The number of likely N-dealkylation sites (N-methyl/N-ethyl adjacent to an activating group) is 1. The third kappa shape index (κ3) is 18.7. The normalized spacial score (nSPS) is 12.6. The van der Waals surface area contributed by atoms with Crippen LogP contribution >= 0.6 is 8.15 Å². The van der Waals surface area contributed by atoms with Gasteiger partial charge < -0.3 is 0 Å². The topological polar surface area (TPSA) is 9.23 Å². The van der Waals surface area contributed by atoms with Gasteiger partial charge in [-0.3, -0.25) is 0 Å². The van der Waals surface area contributed by atoms with Crippen molar-refractivity contribution >= 4 is 8.15 Å². The Kier molecular flexibility index (Phi) is 17.0. The van der Waals surface area contributed by atoms with Gasteiger partial charge in [-0.05, 0) is 0 Å². The van der Waals surface area contributed by atoms with Crippen LogP contribution in [0, 0.1) is 0 Å². The summed E-state index contributed by atoms with van der Waals surface area (Å²) in [5, 5.41) is 0. The molecule has 0 aliphatic rings. The van der Waals surface area contributed by atoms with Gasteiger partial charge in [0.1, 0.15) is 0 Å². The predicted octanol–water partition coefficient (Wildman–Crippen LogP) is 6.56. The van der Waals surface area contributed by atoms with Crippen LogP contribution in [0.1, 0.15) is 90.9 Å². The molecule has 0 rings (SSSR count). The van der Waals surface area contributed by atoms with Gasteiger partial charge >= 0.3 is 155 Å². The first kappa shape index (κ1) is 24.4. The van der Waals surface area contributed by atoms with Crippen molar-refractivity contribution < 1.29 is 9.01 Å². The molecule has 0 aliphatic carbocycles. The van der Waals surface area contributed by atoms with Crippen LogP contribution in [0.25, 0.3) is 0 Å². The maximum absolute atomic E-state index is 6.36. The first-order chi connectivity index (χ1) is 11.5. The molecular formula is C21H48NOP. The van der Waals surface area contributed by atoms with Crippen LogP contribution in [0.3, 0.4) is 0 Å². The van der Waals surface area contributed by atoms with E-state index in [4.69, 9.17) is 4.52 Å². The van der Waals surface area contributed by atoms with E-state index in [2.05, 4.69) is 35.0 Å². The standard InChI is InChI=1S/C21H48NOP/c1-6-8-10-12-14-16-20-24(23-19-18-22(3,4)5)21-17-15-13-11-9-7-2/h24H,6-21H2,1-5H3. The van der Waals surface area contributed by atoms with Crippen molar-refractivity contribution in [1.29, 1.82) is 0 Å². The molecule has 0 saturated carbocycles. The minimum absolute atomic E-state index is 0.562. The van der Waals surface area contributed by atoms with Gasteiger partial charge in [0.2, 0.25) is 0 Å². The van der Waals surface area contributed by atoms with E-state index in [-0.39, 0.29) is 0 Å². The second kappa shape index (κ2) is 16.8. The van der Waals surface area contributed by atoms with E-state index in [1.165, 1.54) is 89.4 Å². The summed E-state index contributed by atoms with van der Waals surface area (Å²) in [6.07, 6.45) is 19.6. The van der Waals surface area contributed by atoms with Gasteiger partial charge in [-0.15, -0.1) is 0 Å². The van der Waals surface area contributed by atoms with Gasteiger partial charge in [-0.1, -0.05) is 0 Å². The first-order valence-corrected chi connectivity index (χ1v) is 12.6. The maximum atomic E-state index is 6.36. The van der Waals surface area contributed by atoms with E-state index >= 15 is 0 Å². The van der Waals surface area contributed by atoms with Crippen LogP contribution in [0.4, 0.5) is 0 Å².